The standard InChI is InChI=1S/C30H36N2O6/c1-21-5-11-26(38-21)19-31(16-15-22-8-14-27(36-3)28(17-22)37-4)29(33)20-32(18-23-6-7-23)30(34)24-9-12-25(35-2)13-10-24/h5,8-14,17,23H,6-7,15-16,18-20H2,1-4H3. The van der Waals surface area contributed by atoms with Crippen LogP contribution in [0, 0.1) is 12.8 Å². The predicted molar refractivity (Wildman–Crippen MR) is 144 cm³/mol. The Hall–Kier alpha value is -3.94. The predicted octanol–water partition coefficient (Wildman–Crippen LogP) is 4.74. The molecule has 1 aliphatic rings. The van der Waals surface area contributed by atoms with Gasteiger partial charge in [0.2, 0.25) is 5.91 Å². The van der Waals surface area contributed by atoms with Crippen LogP contribution in [-0.4, -0.2) is 62.6 Å². The molecular weight excluding hydrogens is 484 g/mol. The van der Waals surface area contributed by atoms with E-state index in [1.54, 1.807) is 55.4 Å². The molecule has 0 spiro atoms. The Morgan fingerprint density at radius 1 is 0.895 bits per heavy atom. The molecule has 0 atom stereocenters. The zero-order valence-corrected chi connectivity index (χ0v) is 22.6. The number of methoxy groups -OCH3 is 3. The van der Waals surface area contributed by atoms with Crippen LogP contribution >= 0.6 is 0 Å². The lowest BCUT2D eigenvalue weighted by Gasteiger charge is -2.27. The van der Waals surface area contributed by atoms with Gasteiger partial charge in [0, 0.05) is 18.7 Å². The molecule has 1 heterocycles. The van der Waals surface area contributed by atoms with Crippen molar-refractivity contribution in [2.45, 2.75) is 32.7 Å². The molecular formula is C30H36N2O6. The van der Waals surface area contributed by atoms with Crippen molar-refractivity contribution in [2.75, 3.05) is 41.0 Å². The Morgan fingerprint density at radius 3 is 2.24 bits per heavy atom. The maximum atomic E-state index is 13.7. The lowest BCUT2D eigenvalue weighted by molar-refractivity contribution is -0.132. The molecule has 8 nitrogen and oxygen atoms in total. The molecule has 1 fully saturated rings. The minimum Gasteiger partial charge on any atom is -0.497 e. The van der Waals surface area contributed by atoms with Gasteiger partial charge in [-0.3, -0.25) is 9.59 Å². The quantitative estimate of drug-likeness (QED) is 0.324. The molecule has 202 valence electrons. The van der Waals surface area contributed by atoms with E-state index < -0.39 is 0 Å². The number of nitrogens with zero attached hydrogens (tertiary/aromatic N) is 2. The van der Waals surface area contributed by atoms with Gasteiger partial charge < -0.3 is 28.4 Å². The topological polar surface area (TPSA) is 81.5 Å². The molecule has 2 amide bonds. The zero-order valence-electron chi connectivity index (χ0n) is 22.6. The van der Waals surface area contributed by atoms with E-state index in [0.717, 1.165) is 24.2 Å². The van der Waals surface area contributed by atoms with Gasteiger partial charge in [-0.15, -0.1) is 0 Å². The van der Waals surface area contributed by atoms with E-state index in [1.165, 1.54) is 0 Å². The van der Waals surface area contributed by atoms with E-state index in [1.807, 2.05) is 37.3 Å². The lowest BCUT2D eigenvalue weighted by Crippen LogP contribution is -2.44. The number of rotatable bonds is 13. The summed E-state index contributed by atoms with van der Waals surface area (Å²) in [5, 5.41) is 0. The van der Waals surface area contributed by atoms with Gasteiger partial charge >= 0.3 is 0 Å². The number of hydrogen-bond donors (Lipinski definition) is 0. The summed E-state index contributed by atoms with van der Waals surface area (Å²) in [5.41, 5.74) is 1.55. The van der Waals surface area contributed by atoms with Crippen LogP contribution in [0.4, 0.5) is 0 Å². The number of carbonyl (C=O) groups excluding carboxylic acids is 2. The largest absolute Gasteiger partial charge is 0.497 e. The van der Waals surface area contributed by atoms with E-state index in [2.05, 4.69) is 0 Å². The molecule has 1 saturated carbocycles. The molecule has 4 rings (SSSR count). The van der Waals surface area contributed by atoms with E-state index in [0.29, 0.717) is 60.5 Å². The maximum Gasteiger partial charge on any atom is 0.254 e. The van der Waals surface area contributed by atoms with Gasteiger partial charge in [0.05, 0.1) is 27.9 Å². The monoisotopic (exact) mass is 520 g/mol. The Labute approximate surface area is 224 Å². The highest BCUT2D eigenvalue weighted by molar-refractivity contribution is 5.96. The number of carbonyl (C=O) groups is 2. The van der Waals surface area contributed by atoms with Crippen molar-refractivity contribution in [1.29, 1.82) is 0 Å². The van der Waals surface area contributed by atoms with Crippen molar-refractivity contribution in [3.63, 3.8) is 0 Å². The van der Waals surface area contributed by atoms with Crippen molar-refractivity contribution in [3.05, 3.63) is 77.2 Å². The first-order valence-electron chi connectivity index (χ1n) is 12.9. The third-order valence-electron chi connectivity index (χ3n) is 6.74. The fourth-order valence-corrected chi connectivity index (χ4v) is 4.36. The van der Waals surface area contributed by atoms with Crippen molar-refractivity contribution in [2.24, 2.45) is 5.92 Å². The second kappa shape index (κ2) is 12.5. The Morgan fingerprint density at radius 2 is 1.63 bits per heavy atom. The van der Waals surface area contributed by atoms with Gasteiger partial charge in [-0.1, -0.05) is 6.07 Å². The summed E-state index contributed by atoms with van der Waals surface area (Å²) in [6, 6.07) is 16.5. The van der Waals surface area contributed by atoms with Crippen LogP contribution in [0.3, 0.4) is 0 Å². The maximum absolute atomic E-state index is 13.7. The normalized spacial score (nSPS) is 12.6. The number of aryl methyl sites for hydroxylation is 1. The van der Waals surface area contributed by atoms with Crippen LogP contribution in [0.2, 0.25) is 0 Å². The summed E-state index contributed by atoms with van der Waals surface area (Å²) in [5.74, 6) is 3.65. The molecule has 2 aromatic carbocycles. The van der Waals surface area contributed by atoms with Crippen molar-refractivity contribution in [1.82, 2.24) is 9.80 Å². The number of benzene rings is 2. The second-order valence-electron chi connectivity index (χ2n) is 9.62. The molecule has 1 aromatic heterocycles. The summed E-state index contributed by atoms with van der Waals surface area (Å²) in [6.07, 6.45) is 2.77. The van der Waals surface area contributed by atoms with Gasteiger partial charge in [-0.05, 0) is 86.2 Å². The molecule has 0 radical (unpaired) electrons. The summed E-state index contributed by atoms with van der Waals surface area (Å²) in [7, 11) is 4.79. The molecule has 0 bridgehead atoms. The van der Waals surface area contributed by atoms with E-state index in [-0.39, 0.29) is 18.4 Å². The van der Waals surface area contributed by atoms with Crippen molar-refractivity contribution in [3.8, 4) is 17.2 Å². The van der Waals surface area contributed by atoms with Gasteiger partial charge in [0.1, 0.15) is 23.8 Å². The van der Waals surface area contributed by atoms with Crippen LogP contribution in [0.1, 0.15) is 40.3 Å². The Bertz CT molecular complexity index is 1230. The van der Waals surface area contributed by atoms with E-state index in [4.69, 9.17) is 18.6 Å². The van der Waals surface area contributed by atoms with Gasteiger partial charge in [0.15, 0.2) is 11.5 Å². The van der Waals surface area contributed by atoms with Gasteiger partial charge in [-0.2, -0.15) is 0 Å². The molecule has 0 saturated heterocycles. The SMILES string of the molecule is COc1ccc(C(=O)N(CC(=O)N(CCc2ccc(OC)c(OC)c2)Cc2ccc(C)o2)CC2CC2)cc1. The number of amides is 2. The summed E-state index contributed by atoms with van der Waals surface area (Å²) < 4.78 is 21.8. The van der Waals surface area contributed by atoms with Crippen LogP contribution < -0.4 is 14.2 Å². The van der Waals surface area contributed by atoms with Crippen molar-refractivity contribution >= 4 is 11.8 Å². The first-order valence-corrected chi connectivity index (χ1v) is 12.9. The molecule has 1 aliphatic carbocycles. The van der Waals surface area contributed by atoms with E-state index in [9.17, 15) is 9.59 Å². The summed E-state index contributed by atoms with van der Waals surface area (Å²) in [6.45, 7) is 3.24. The first kappa shape index (κ1) is 27.1. The smallest absolute Gasteiger partial charge is 0.254 e. The molecule has 0 N–H and O–H groups in total. The van der Waals surface area contributed by atoms with Gasteiger partial charge in [-0.25, -0.2) is 0 Å². The number of hydrogen-bond acceptors (Lipinski definition) is 6. The molecule has 3 aromatic rings. The average molecular weight is 521 g/mol. The average Bonchev–Trinajstić information content (AvgIpc) is 3.67. The Balaban J connectivity index is 1.50. The minimum absolute atomic E-state index is 0.00693. The fraction of sp³-hybridized carbons (Fsp3) is 0.400. The Kier molecular flexibility index (Phi) is 8.94. The first-order chi connectivity index (χ1) is 18.4. The molecule has 38 heavy (non-hydrogen) atoms. The fourth-order valence-electron chi connectivity index (χ4n) is 4.36. The highest BCUT2D eigenvalue weighted by atomic mass is 16.5. The highest BCUT2D eigenvalue weighted by Gasteiger charge is 2.30. The summed E-state index contributed by atoms with van der Waals surface area (Å²) in [4.78, 5) is 30.5. The number of ether oxygens (including phenoxy) is 3. The number of furan rings is 1. The molecule has 0 unspecified atom stereocenters. The minimum atomic E-state index is -0.151. The van der Waals surface area contributed by atoms with Crippen LogP contribution in [0.5, 0.6) is 17.2 Å². The molecule has 8 heteroatoms. The highest BCUT2D eigenvalue weighted by Crippen LogP contribution is 2.31. The van der Waals surface area contributed by atoms with Gasteiger partial charge in [0.25, 0.3) is 5.91 Å². The van der Waals surface area contributed by atoms with Crippen LogP contribution in [0.25, 0.3) is 0 Å². The van der Waals surface area contributed by atoms with Crippen LogP contribution in [-0.2, 0) is 17.8 Å². The van der Waals surface area contributed by atoms with Crippen molar-refractivity contribution < 1.29 is 28.2 Å². The summed E-state index contributed by atoms with van der Waals surface area (Å²) >= 11 is 0. The zero-order chi connectivity index (χ0) is 27.1. The lowest BCUT2D eigenvalue weighted by atomic mass is 10.1. The second-order valence-corrected chi connectivity index (χ2v) is 9.62. The molecule has 0 aliphatic heterocycles. The third kappa shape index (κ3) is 7.09. The van der Waals surface area contributed by atoms with E-state index >= 15 is 0 Å². The third-order valence-corrected chi connectivity index (χ3v) is 6.74. The van der Waals surface area contributed by atoms with Crippen LogP contribution in [0.15, 0.2) is 59.0 Å².